The molecule has 0 amide bonds. The summed E-state index contributed by atoms with van der Waals surface area (Å²) in [7, 11) is 4.31. The summed E-state index contributed by atoms with van der Waals surface area (Å²) in [6.07, 6.45) is 10.1. The number of hydrogen-bond donors (Lipinski definition) is 0. The average molecular weight is 376 g/mol. The topological polar surface area (TPSA) is 57.3 Å². The first-order chi connectivity index (χ1) is 12.7. The zero-order chi connectivity index (χ0) is 20.6. The Labute approximate surface area is 163 Å². The van der Waals surface area contributed by atoms with Crippen LogP contribution >= 0.6 is 0 Å². The fourth-order valence-corrected chi connectivity index (χ4v) is 2.80. The van der Waals surface area contributed by atoms with Crippen molar-refractivity contribution < 1.29 is 23.7 Å². The lowest BCUT2D eigenvalue weighted by Crippen LogP contribution is -2.14. The molecule has 1 aliphatic rings. The second kappa shape index (κ2) is 10.2. The molecule has 0 aliphatic carbocycles. The number of allylic oxidation sites excluding steroid dienone is 5. The third kappa shape index (κ3) is 6.75. The minimum Gasteiger partial charge on any atom is -0.493 e. The van der Waals surface area contributed by atoms with E-state index in [2.05, 4.69) is 38.2 Å². The Kier molecular flexibility index (Phi) is 8.57. The maximum absolute atomic E-state index is 11.4. The first-order valence-corrected chi connectivity index (χ1v) is 8.95. The number of esters is 1. The molecule has 1 heterocycles. The second-order valence-electron chi connectivity index (χ2n) is 6.96. The lowest BCUT2D eigenvalue weighted by Gasteiger charge is -2.15. The minimum atomic E-state index is -0.505. The van der Waals surface area contributed by atoms with E-state index in [-0.39, 0.29) is 11.7 Å². The fraction of sp³-hybridized carbons (Fsp3) is 0.500. The average Bonchev–Trinajstić information content (AvgIpc) is 3.31. The molecule has 0 spiro atoms. The van der Waals surface area contributed by atoms with Crippen LogP contribution in [0.25, 0.3) is 0 Å². The van der Waals surface area contributed by atoms with Crippen LogP contribution in [0, 0.1) is 5.92 Å². The van der Waals surface area contributed by atoms with E-state index in [1.165, 1.54) is 33.0 Å². The van der Waals surface area contributed by atoms with Gasteiger partial charge in [0.1, 0.15) is 6.10 Å². The lowest BCUT2D eigenvalue weighted by molar-refractivity contribution is -0.135. The molecule has 27 heavy (non-hydrogen) atoms. The van der Waals surface area contributed by atoms with Gasteiger partial charge in [0.2, 0.25) is 0 Å². The second-order valence-corrected chi connectivity index (χ2v) is 6.96. The zero-order valence-corrected chi connectivity index (χ0v) is 17.5. The highest BCUT2D eigenvalue weighted by molar-refractivity contribution is 5.83. The highest BCUT2D eigenvalue weighted by atomic mass is 16.6. The monoisotopic (exact) mass is 376 g/mol. The van der Waals surface area contributed by atoms with Crippen molar-refractivity contribution in [2.45, 2.75) is 45.8 Å². The van der Waals surface area contributed by atoms with Gasteiger partial charge in [-0.05, 0) is 44.8 Å². The highest BCUT2D eigenvalue weighted by Crippen LogP contribution is 2.43. The Morgan fingerprint density at radius 1 is 1.11 bits per heavy atom. The van der Waals surface area contributed by atoms with E-state index in [1.807, 2.05) is 25.2 Å². The number of rotatable bonds is 10. The molecule has 1 fully saturated rings. The maximum atomic E-state index is 11.4. The smallest absolute Gasteiger partial charge is 0.334 e. The van der Waals surface area contributed by atoms with Crippen molar-refractivity contribution in [3.8, 4) is 0 Å². The summed E-state index contributed by atoms with van der Waals surface area (Å²) in [6, 6.07) is 0. The number of epoxide rings is 1. The van der Waals surface area contributed by atoms with E-state index in [0.29, 0.717) is 17.4 Å². The lowest BCUT2D eigenvalue weighted by atomic mass is 9.89. The van der Waals surface area contributed by atoms with Gasteiger partial charge in [0, 0.05) is 0 Å². The maximum Gasteiger partial charge on any atom is 0.334 e. The largest absolute Gasteiger partial charge is 0.493 e. The van der Waals surface area contributed by atoms with Crippen LogP contribution in [0.1, 0.15) is 34.1 Å². The van der Waals surface area contributed by atoms with Crippen LogP contribution < -0.4 is 0 Å². The van der Waals surface area contributed by atoms with E-state index in [9.17, 15) is 4.79 Å². The predicted octanol–water partition coefficient (Wildman–Crippen LogP) is 4.48. The molecule has 0 aromatic carbocycles. The molecule has 0 radical (unpaired) electrons. The summed E-state index contributed by atoms with van der Waals surface area (Å²) in [6.45, 7) is 12.2. The van der Waals surface area contributed by atoms with Gasteiger partial charge in [-0.3, -0.25) is 0 Å². The van der Waals surface area contributed by atoms with Gasteiger partial charge in [-0.2, -0.15) is 0 Å². The van der Waals surface area contributed by atoms with Crippen molar-refractivity contribution in [1.29, 1.82) is 0 Å². The molecule has 0 unspecified atom stereocenters. The van der Waals surface area contributed by atoms with E-state index < -0.39 is 5.97 Å². The molecule has 1 saturated heterocycles. The van der Waals surface area contributed by atoms with Crippen LogP contribution in [0.15, 0.2) is 59.6 Å². The van der Waals surface area contributed by atoms with Crippen molar-refractivity contribution >= 4 is 5.97 Å². The van der Waals surface area contributed by atoms with E-state index in [0.717, 1.165) is 12.0 Å². The summed E-state index contributed by atoms with van der Waals surface area (Å²) in [5.41, 5.74) is 2.13. The zero-order valence-electron chi connectivity index (χ0n) is 17.5. The molecular formula is C22H32O5. The Morgan fingerprint density at radius 2 is 1.70 bits per heavy atom. The molecule has 0 saturated carbocycles. The van der Waals surface area contributed by atoms with Crippen molar-refractivity contribution in [3.05, 3.63) is 59.6 Å². The van der Waals surface area contributed by atoms with E-state index in [4.69, 9.17) is 14.2 Å². The predicted molar refractivity (Wildman–Crippen MR) is 107 cm³/mol. The van der Waals surface area contributed by atoms with Crippen LogP contribution in [-0.2, 0) is 23.7 Å². The fourth-order valence-electron chi connectivity index (χ4n) is 2.80. The molecule has 0 bridgehead atoms. The molecule has 1 rings (SSSR count). The van der Waals surface area contributed by atoms with E-state index in [1.54, 1.807) is 0 Å². The molecular weight excluding hydrogens is 344 g/mol. The summed E-state index contributed by atoms with van der Waals surface area (Å²) in [4.78, 5) is 11.4. The van der Waals surface area contributed by atoms with Crippen molar-refractivity contribution in [3.63, 3.8) is 0 Å². The number of carbonyl (C=O) groups is 1. The molecule has 3 atom stereocenters. The van der Waals surface area contributed by atoms with E-state index >= 15 is 0 Å². The van der Waals surface area contributed by atoms with Crippen LogP contribution in [0.5, 0.6) is 0 Å². The van der Waals surface area contributed by atoms with Crippen LogP contribution in [0.4, 0.5) is 0 Å². The Morgan fingerprint density at radius 3 is 2.19 bits per heavy atom. The minimum absolute atomic E-state index is 0.0931. The first kappa shape index (κ1) is 22.8. The van der Waals surface area contributed by atoms with Gasteiger partial charge in [0.05, 0.1) is 33.0 Å². The van der Waals surface area contributed by atoms with Crippen LogP contribution in [0.3, 0.4) is 0 Å². The Hall–Kier alpha value is -2.27. The van der Waals surface area contributed by atoms with Gasteiger partial charge in [-0.1, -0.05) is 30.7 Å². The van der Waals surface area contributed by atoms with Crippen molar-refractivity contribution in [2.24, 2.45) is 5.92 Å². The molecule has 5 nitrogen and oxygen atoms in total. The Bertz CT molecular complexity index is 668. The quantitative estimate of drug-likeness (QED) is 0.140. The molecule has 0 aromatic heterocycles. The van der Waals surface area contributed by atoms with Gasteiger partial charge in [-0.15, -0.1) is 6.58 Å². The molecule has 150 valence electrons. The molecule has 0 aromatic rings. The molecule has 5 heteroatoms. The molecule has 0 N–H and O–H groups in total. The third-order valence-corrected chi connectivity index (χ3v) is 4.74. The summed E-state index contributed by atoms with van der Waals surface area (Å²) >= 11 is 0. The SMILES string of the molecule is C=C[C@H]1O[C@@]1(C)C[C@@H](C)/C(C)=C/C=C(C)\C=C(OC)\C(=C/C(=O)OC)OC. The standard InChI is InChI=1S/C22H32O5/c1-9-20-22(5,27-20)14-17(4)16(3)11-10-15(2)12-18(24-6)19(25-7)13-21(23)26-8/h9-13,17,20H,1,14H2,2-8H3/b15-10-,16-11+,18-12-,19-13+/t17-,20-,22+/m1/s1. The summed E-state index contributed by atoms with van der Waals surface area (Å²) in [5.74, 6) is 0.641. The normalized spacial score (nSPS) is 24.9. The van der Waals surface area contributed by atoms with Gasteiger partial charge in [0.15, 0.2) is 11.5 Å². The van der Waals surface area contributed by atoms with Crippen molar-refractivity contribution in [1.82, 2.24) is 0 Å². The third-order valence-electron chi connectivity index (χ3n) is 4.74. The van der Waals surface area contributed by atoms with Gasteiger partial charge in [0.25, 0.3) is 0 Å². The summed E-state index contributed by atoms with van der Waals surface area (Å²) < 4.78 is 20.9. The van der Waals surface area contributed by atoms with Crippen LogP contribution in [0.2, 0.25) is 0 Å². The summed E-state index contributed by atoms with van der Waals surface area (Å²) in [5, 5.41) is 0. The Balaban J connectivity index is 2.87. The van der Waals surface area contributed by atoms with Gasteiger partial charge in [-0.25, -0.2) is 4.79 Å². The first-order valence-electron chi connectivity index (χ1n) is 8.95. The van der Waals surface area contributed by atoms with Gasteiger partial charge >= 0.3 is 5.97 Å². The van der Waals surface area contributed by atoms with Crippen LogP contribution in [-0.4, -0.2) is 39.0 Å². The highest BCUT2D eigenvalue weighted by Gasteiger charge is 2.50. The number of carbonyl (C=O) groups excluding carboxylic acids is 1. The number of ether oxygens (including phenoxy) is 4. The van der Waals surface area contributed by atoms with Gasteiger partial charge < -0.3 is 18.9 Å². The molecule has 1 aliphatic heterocycles. The number of methoxy groups -OCH3 is 3. The number of hydrogen-bond acceptors (Lipinski definition) is 5. The van der Waals surface area contributed by atoms with Crippen molar-refractivity contribution in [2.75, 3.05) is 21.3 Å².